The number of aromatic amines is 1. The Morgan fingerprint density at radius 3 is 3.00 bits per heavy atom. The number of nitrogens with one attached hydrogen (secondary N) is 1. The third kappa shape index (κ3) is 2.57. The van der Waals surface area contributed by atoms with E-state index in [0.29, 0.717) is 12.1 Å². The average molecular weight is 255 g/mol. The minimum atomic E-state index is -0.0698. The van der Waals surface area contributed by atoms with Crippen LogP contribution in [0.2, 0.25) is 0 Å². The van der Waals surface area contributed by atoms with Gasteiger partial charge in [0.25, 0.3) is 0 Å². The summed E-state index contributed by atoms with van der Waals surface area (Å²) in [4.78, 5) is 11.6. The third-order valence-electron chi connectivity index (χ3n) is 3.26. The van der Waals surface area contributed by atoms with Crippen LogP contribution in [0.3, 0.4) is 0 Å². The Morgan fingerprint density at radius 2 is 2.29 bits per heavy atom. The molecule has 2 fully saturated rings. The molecule has 1 saturated heterocycles. The van der Waals surface area contributed by atoms with Gasteiger partial charge in [-0.15, -0.1) is 5.10 Å². The maximum Gasteiger partial charge on any atom is 0.344 e. The summed E-state index contributed by atoms with van der Waals surface area (Å²) in [5.74, 6) is 0.900. The summed E-state index contributed by atoms with van der Waals surface area (Å²) in [5, 5.41) is 7.46. The largest absolute Gasteiger partial charge is 0.377 e. The fourth-order valence-electron chi connectivity index (χ4n) is 2.15. The summed E-state index contributed by atoms with van der Waals surface area (Å²) < 4.78 is 7.48. The highest BCUT2D eigenvalue weighted by molar-refractivity contribution is 7.99. The molecule has 2 heterocycles. The fourth-order valence-corrected chi connectivity index (χ4v) is 3.23. The number of hydrogen-bond acceptors (Lipinski definition) is 4. The van der Waals surface area contributed by atoms with Crippen molar-refractivity contribution < 1.29 is 4.74 Å². The zero-order valence-electron chi connectivity index (χ0n) is 9.72. The van der Waals surface area contributed by atoms with E-state index < -0.39 is 0 Å². The topological polar surface area (TPSA) is 59.9 Å². The predicted molar refractivity (Wildman–Crippen MR) is 65.4 cm³/mol. The molecular formula is C11H17N3O2S. The van der Waals surface area contributed by atoms with E-state index in [-0.39, 0.29) is 5.69 Å². The van der Waals surface area contributed by atoms with Gasteiger partial charge < -0.3 is 4.74 Å². The van der Waals surface area contributed by atoms with Crippen molar-refractivity contribution in [3.8, 4) is 0 Å². The molecule has 94 valence electrons. The molecular weight excluding hydrogens is 238 g/mol. The first kappa shape index (κ1) is 11.3. The van der Waals surface area contributed by atoms with Gasteiger partial charge in [-0.2, -0.15) is 0 Å². The van der Waals surface area contributed by atoms with Gasteiger partial charge in [-0.1, -0.05) is 11.8 Å². The van der Waals surface area contributed by atoms with Gasteiger partial charge in [-0.3, -0.25) is 4.57 Å². The SMILES string of the molecule is O=c1[nH]nc(SC[C@@H]2CCCCO2)n1C1CC1. The number of hydrogen-bond donors (Lipinski definition) is 1. The molecule has 3 rings (SSSR count). The van der Waals surface area contributed by atoms with Crippen molar-refractivity contribution in [3.63, 3.8) is 0 Å². The van der Waals surface area contributed by atoms with Crippen LogP contribution in [0.15, 0.2) is 9.95 Å². The van der Waals surface area contributed by atoms with Crippen LogP contribution in [0.25, 0.3) is 0 Å². The fraction of sp³-hybridized carbons (Fsp3) is 0.818. The minimum Gasteiger partial charge on any atom is -0.377 e. The van der Waals surface area contributed by atoms with E-state index in [0.717, 1.165) is 36.8 Å². The molecule has 0 unspecified atom stereocenters. The Labute approximate surface area is 104 Å². The van der Waals surface area contributed by atoms with E-state index in [4.69, 9.17) is 4.74 Å². The van der Waals surface area contributed by atoms with Gasteiger partial charge in [-0.25, -0.2) is 9.89 Å². The monoisotopic (exact) mass is 255 g/mol. The first-order valence-electron chi connectivity index (χ1n) is 6.26. The number of H-pyrrole nitrogens is 1. The first-order valence-corrected chi connectivity index (χ1v) is 7.24. The molecule has 1 aliphatic heterocycles. The first-order chi connectivity index (χ1) is 8.34. The van der Waals surface area contributed by atoms with Crippen molar-refractivity contribution in [2.45, 2.75) is 49.4 Å². The lowest BCUT2D eigenvalue weighted by Gasteiger charge is -2.21. The van der Waals surface area contributed by atoms with Crippen LogP contribution in [0.4, 0.5) is 0 Å². The summed E-state index contributed by atoms with van der Waals surface area (Å²) in [7, 11) is 0. The number of rotatable bonds is 4. The molecule has 1 N–H and O–H groups in total. The lowest BCUT2D eigenvalue weighted by atomic mass is 10.1. The van der Waals surface area contributed by atoms with Crippen LogP contribution in [0, 0.1) is 0 Å². The Hall–Kier alpha value is -0.750. The molecule has 1 aliphatic carbocycles. The van der Waals surface area contributed by atoms with Gasteiger partial charge >= 0.3 is 5.69 Å². The van der Waals surface area contributed by atoms with Crippen molar-refractivity contribution >= 4 is 11.8 Å². The van der Waals surface area contributed by atoms with Crippen molar-refractivity contribution in [3.05, 3.63) is 10.5 Å². The summed E-state index contributed by atoms with van der Waals surface area (Å²) in [6.45, 7) is 0.876. The van der Waals surface area contributed by atoms with Crippen molar-refractivity contribution in [1.82, 2.24) is 14.8 Å². The van der Waals surface area contributed by atoms with Gasteiger partial charge in [0, 0.05) is 18.4 Å². The van der Waals surface area contributed by atoms with Crippen molar-refractivity contribution in [2.75, 3.05) is 12.4 Å². The second-order valence-corrected chi connectivity index (χ2v) is 5.70. The number of nitrogens with zero attached hydrogens (tertiary/aromatic N) is 2. The third-order valence-corrected chi connectivity index (χ3v) is 4.34. The van der Waals surface area contributed by atoms with Gasteiger partial charge in [-0.05, 0) is 32.1 Å². The highest BCUT2D eigenvalue weighted by Crippen LogP contribution is 2.36. The van der Waals surface area contributed by atoms with E-state index >= 15 is 0 Å². The van der Waals surface area contributed by atoms with Gasteiger partial charge in [0.05, 0.1) is 6.10 Å². The smallest absolute Gasteiger partial charge is 0.344 e. The maximum atomic E-state index is 11.6. The molecule has 0 aromatic carbocycles. The second-order valence-electron chi connectivity index (χ2n) is 4.71. The summed E-state index contributed by atoms with van der Waals surface area (Å²) in [5.41, 5.74) is -0.0698. The quantitative estimate of drug-likeness (QED) is 0.830. The second kappa shape index (κ2) is 4.86. The van der Waals surface area contributed by atoms with Crippen LogP contribution in [0.1, 0.15) is 38.1 Å². The van der Waals surface area contributed by atoms with E-state index in [2.05, 4.69) is 10.2 Å². The van der Waals surface area contributed by atoms with Gasteiger partial charge in [0.2, 0.25) is 0 Å². The molecule has 1 aromatic heterocycles. The van der Waals surface area contributed by atoms with Crippen molar-refractivity contribution in [2.24, 2.45) is 0 Å². The summed E-state index contributed by atoms with van der Waals surface area (Å²) >= 11 is 1.64. The highest BCUT2D eigenvalue weighted by atomic mass is 32.2. The Morgan fingerprint density at radius 1 is 1.41 bits per heavy atom. The number of ether oxygens (including phenoxy) is 1. The molecule has 0 amide bonds. The molecule has 0 bridgehead atoms. The molecule has 1 saturated carbocycles. The van der Waals surface area contributed by atoms with E-state index in [9.17, 15) is 4.79 Å². The average Bonchev–Trinajstić information content (AvgIpc) is 3.12. The Balaban J connectivity index is 1.62. The predicted octanol–water partition coefficient (Wildman–Crippen LogP) is 1.57. The molecule has 17 heavy (non-hydrogen) atoms. The lowest BCUT2D eigenvalue weighted by Crippen LogP contribution is -2.22. The van der Waals surface area contributed by atoms with Crippen LogP contribution in [-0.4, -0.2) is 33.2 Å². The minimum absolute atomic E-state index is 0.0698. The number of aromatic nitrogens is 3. The van der Waals surface area contributed by atoms with Crippen LogP contribution in [0.5, 0.6) is 0 Å². The van der Waals surface area contributed by atoms with Gasteiger partial charge in [0.1, 0.15) is 0 Å². The molecule has 6 heteroatoms. The zero-order chi connectivity index (χ0) is 11.7. The van der Waals surface area contributed by atoms with Crippen LogP contribution >= 0.6 is 11.8 Å². The maximum absolute atomic E-state index is 11.6. The molecule has 0 spiro atoms. The zero-order valence-corrected chi connectivity index (χ0v) is 10.5. The van der Waals surface area contributed by atoms with Crippen LogP contribution in [-0.2, 0) is 4.74 Å². The summed E-state index contributed by atoms with van der Waals surface area (Å²) in [6.07, 6.45) is 6.09. The van der Waals surface area contributed by atoms with E-state index in [1.807, 2.05) is 0 Å². The summed E-state index contributed by atoms with van der Waals surface area (Å²) in [6, 6.07) is 0.385. The molecule has 1 atom stereocenters. The molecule has 0 radical (unpaired) electrons. The van der Waals surface area contributed by atoms with Gasteiger partial charge in [0.15, 0.2) is 5.16 Å². The lowest BCUT2D eigenvalue weighted by molar-refractivity contribution is 0.0315. The van der Waals surface area contributed by atoms with E-state index in [1.165, 1.54) is 12.8 Å². The Kier molecular flexibility index (Phi) is 3.24. The molecule has 1 aromatic rings. The normalized spacial score (nSPS) is 25.1. The van der Waals surface area contributed by atoms with E-state index in [1.54, 1.807) is 16.3 Å². The standard InChI is InChI=1S/C11H17N3O2S/c15-10-12-13-11(14(10)8-4-5-8)17-7-9-3-1-2-6-16-9/h8-9H,1-7H2,(H,12,15)/t9-/m0/s1. The Bertz CT molecular complexity index is 432. The number of thioether (sulfide) groups is 1. The molecule has 2 aliphatic rings. The molecule has 5 nitrogen and oxygen atoms in total. The van der Waals surface area contributed by atoms with Crippen molar-refractivity contribution in [1.29, 1.82) is 0 Å². The highest BCUT2D eigenvalue weighted by Gasteiger charge is 2.29. The van der Waals surface area contributed by atoms with Crippen LogP contribution < -0.4 is 5.69 Å².